The van der Waals surface area contributed by atoms with Crippen molar-refractivity contribution in [3.63, 3.8) is 0 Å². The molecule has 1 aromatic heterocycles. The lowest BCUT2D eigenvalue weighted by atomic mass is 10.0. The highest BCUT2D eigenvalue weighted by molar-refractivity contribution is 6.33. The lowest BCUT2D eigenvalue weighted by molar-refractivity contribution is 0.268. The molecule has 1 unspecified atom stereocenters. The fourth-order valence-corrected chi connectivity index (χ4v) is 1.72. The molecule has 0 saturated carbocycles. The summed E-state index contributed by atoms with van der Waals surface area (Å²) in [6.45, 7) is -0.114. The number of nitrogens with two attached hydrogens (primary N) is 1. The second-order valence-corrected chi connectivity index (χ2v) is 4.18. The van der Waals surface area contributed by atoms with Crippen LogP contribution < -0.4 is 5.73 Å². The van der Waals surface area contributed by atoms with Crippen molar-refractivity contribution in [1.82, 2.24) is 14.8 Å². The first-order valence-corrected chi connectivity index (χ1v) is 5.51. The molecule has 3 N–H and O–H groups in total. The second-order valence-electron chi connectivity index (χ2n) is 3.77. The second kappa shape index (κ2) is 6.15. The number of hydrogen-bond donors (Lipinski definition) is 2. The summed E-state index contributed by atoms with van der Waals surface area (Å²) in [5, 5.41) is 13.8. The Morgan fingerprint density at radius 2 is 2.22 bits per heavy atom. The largest absolute Gasteiger partial charge is 0.394 e. The van der Waals surface area contributed by atoms with Crippen molar-refractivity contribution >= 4 is 24.0 Å². The van der Waals surface area contributed by atoms with Crippen LogP contribution in [0.1, 0.15) is 11.6 Å². The van der Waals surface area contributed by atoms with Gasteiger partial charge in [-0.25, -0.2) is 4.98 Å². The van der Waals surface area contributed by atoms with E-state index in [1.54, 1.807) is 36.3 Å². The number of aromatic nitrogens is 3. The van der Waals surface area contributed by atoms with Crippen molar-refractivity contribution in [2.75, 3.05) is 6.61 Å². The molecule has 0 aliphatic rings. The Labute approximate surface area is 116 Å². The third-order valence-corrected chi connectivity index (χ3v) is 2.79. The molecule has 2 aromatic rings. The number of rotatable bonds is 3. The summed E-state index contributed by atoms with van der Waals surface area (Å²) in [5.41, 5.74) is 7.28. The number of halogens is 2. The van der Waals surface area contributed by atoms with Gasteiger partial charge >= 0.3 is 0 Å². The van der Waals surface area contributed by atoms with Gasteiger partial charge in [-0.15, -0.1) is 12.4 Å². The summed E-state index contributed by atoms with van der Waals surface area (Å²) in [6, 6.07) is 4.90. The molecular weight excluding hydrogens is 275 g/mol. The molecular formula is C11H14Cl2N4O. The quantitative estimate of drug-likeness (QED) is 0.898. The van der Waals surface area contributed by atoms with Crippen LogP contribution >= 0.6 is 24.0 Å². The van der Waals surface area contributed by atoms with E-state index in [9.17, 15) is 0 Å². The predicted octanol–water partition coefficient (Wildman–Crippen LogP) is 1.55. The van der Waals surface area contributed by atoms with E-state index in [1.165, 1.54) is 0 Å². The van der Waals surface area contributed by atoms with Crippen molar-refractivity contribution in [2.45, 2.75) is 6.04 Å². The van der Waals surface area contributed by atoms with E-state index in [2.05, 4.69) is 10.1 Å². The third kappa shape index (κ3) is 3.00. The van der Waals surface area contributed by atoms with Crippen LogP contribution in [-0.4, -0.2) is 26.5 Å². The summed E-state index contributed by atoms with van der Waals surface area (Å²) >= 11 is 6.10. The van der Waals surface area contributed by atoms with E-state index in [1.807, 2.05) is 0 Å². The van der Waals surface area contributed by atoms with E-state index in [-0.39, 0.29) is 19.0 Å². The zero-order chi connectivity index (χ0) is 12.4. The fraction of sp³-hybridized carbons (Fsp3) is 0.273. The Bertz CT molecular complexity index is 530. The van der Waals surface area contributed by atoms with Crippen LogP contribution in [-0.2, 0) is 7.05 Å². The topological polar surface area (TPSA) is 77.0 Å². The first kappa shape index (κ1) is 14.9. The van der Waals surface area contributed by atoms with E-state index < -0.39 is 6.04 Å². The maximum Gasteiger partial charge on any atom is 0.182 e. The highest BCUT2D eigenvalue weighted by Gasteiger charge is 2.12. The van der Waals surface area contributed by atoms with Gasteiger partial charge in [0.15, 0.2) is 5.82 Å². The van der Waals surface area contributed by atoms with E-state index >= 15 is 0 Å². The molecule has 2 rings (SSSR count). The van der Waals surface area contributed by atoms with Gasteiger partial charge in [-0.1, -0.05) is 17.7 Å². The minimum atomic E-state index is -0.422. The lowest BCUT2D eigenvalue weighted by Crippen LogP contribution is -2.14. The minimum absolute atomic E-state index is 0. The summed E-state index contributed by atoms with van der Waals surface area (Å²) in [4.78, 5) is 4.14. The van der Waals surface area contributed by atoms with Gasteiger partial charge in [0.1, 0.15) is 6.33 Å². The minimum Gasteiger partial charge on any atom is -0.394 e. The molecule has 1 atom stereocenters. The number of aliphatic hydroxyl groups excluding tert-OH is 1. The molecule has 0 spiro atoms. The maximum absolute atomic E-state index is 9.03. The zero-order valence-corrected chi connectivity index (χ0v) is 11.3. The summed E-state index contributed by atoms with van der Waals surface area (Å²) in [7, 11) is 1.79. The number of aryl methyl sites for hydroxylation is 1. The molecule has 0 radical (unpaired) electrons. The SMILES string of the molecule is Cl.Cn1cnc(-c2cc(C(N)CO)ccc2Cl)n1. The van der Waals surface area contributed by atoms with E-state index in [0.717, 1.165) is 5.56 Å². The summed E-state index contributed by atoms with van der Waals surface area (Å²) < 4.78 is 1.60. The molecule has 18 heavy (non-hydrogen) atoms. The van der Waals surface area contributed by atoms with Crippen LogP contribution in [0.15, 0.2) is 24.5 Å². The molecule has 0 aliphatic heterocycles. The lowest BCUT2D eigenvalue weighted by Gasteiger charge is -2.10. The van der Waals surface area contributed by atoms with Crippen LogP contribution in [0.3, 0.4) is 0 Å². The van der Waals surface area contributed by atoms with Gasteiger partial charge in [0, 0.05) is 12.6 Å². The third-order valence-electron chi connectivity index (χ3n) is 2.46. The first-order chi connectivity index (χ1) is 8.11. The molecule has 7 heteroatoms. The Morgan fingerprint density at radius 1 is 1.50 bits per heavy atom. The molecule has 0 fully saturated rings. The number of hydrogen-bond acceptors (Lipinski definition) is 4. The van der Waals surface area contributed by atoms with Gasteiger partial charge in [-0.05, 0) is 17.7 Å². The standard InChI is InChI=1S/C11H13ClN4O.ClH/c1-16-6-14-11(15-16)8-4-7(10(13)5-17)2-3-9(8)12;/h2-4,6,10,17H,5,13H2,1H3;1H. The highest BCUT2D eigenvalue weighted by Crippen LogP contribution is 2.27. The molecule has 0 bridgehead atoms. The van der Waals surface area contributed by atoms with Gasteiger partial charge in [-0.2, -0.15) is 5.10 Å². The van der Waals surface area contributed by atoms with Gasteiger partial charge in [-0.3, -0.25) is 4.68 Å². The van der Waals surface area contributed by atoms with E-state index in [4.69, 9.17) is 22.4 Å². The summed E-state index contributed by atoms with van der Waals surface area (Å²) in [6.07, 6.45) is 1.60. The van der Waals surface area contributed by atoms with Crippen LogP contribution in [0, 0.1) is 0 Å². The molecule has 0 saturated heterocycles. The Balaban J connectivity index is 0.00000162. The van der Waals surface area contributed by atoms with Crippen LogP contribution in [0.4, 0.5) is 0 Å². The average molecular weight is 289 g/mol. The Kier molecular flexibility index (Phi) is 5.10. The van der Waals surface area contributed by atoms with Crippen LogP contribution in [0.25, 0.3) is 11.4 Å². The van der Waals surface area contributed by atoms with Crippen molar-refractivity contribution in [3.05, 3.63) is 35.1 Å². The van der Waals surface area contributed by atoms with Gasteiger partial charge in [0.05, 0.1) is 17.7 Å². The number of aliphatic hydroxyl groups is 1. The molecule has 5 nitrogen and oxygen atoms in total. The maximum atomic E-state index is 9.03. The molecule has 0 amide bonds. The van der Waals surface area contributed by atoms with E-state index in [0.29, 0.717) is 16.4 Å². The normalized spacial score (nSPS) is 12.0. The van der Waals surface area contributed by atoms with Gasteiger partial charge in [0.2, 0.25) is 0 Å². The van der Waals surface area contributed by atoms with Crippen molar-refractivity contribution in [3.8, 4) is 11.4 Å². The molecule has 0 aliphatic carbocycles. The van der Waals surface area contributed by atoms with Crippen molar-refractivity contribution in [2.24, 2.45) is 12.8 Å². The predicted molar refractivity (Wildman–Crippen MR) is 72.7 cm³/mol. The van der Waals surface area contributed by atoms with Gasteiger partial charge < -0.3 is 10.8 Å². The number of nitrogens with zero attached hydrogens (tertiary/aromatic N) is 3. The smallest absolute Gasteiger partial charge is 0.182 e. The zero-order valence-electron chi connectivity index (χ0n) is 9.75. The first-order valence-electron chi connectivity index (χ1n) is 5.13. The monoisotopic (exact) mass is 288 g/mol. The Hall–Kier alpha value is -1.14. The molecule has 1 aromatic carbocycles. The molecule has 98 valence electrons. The van der Waals surface area contributed by atoms with Gasteiger partial charge in [0.25, 0.3) is 0 Å². The molecule has 1 heterocycles. The van der Waals surface area contributed by atoms with Crippen molar-refractivity contribution in [1.29, 1.82) is 0 Å². The number of benzene rings is 1. The Morgan fingerprint density at radius 3 is 2.78 bits per heavy atom. The van der Waals surface area contributed by atoms with Crippen LogP contribution in [0.5, 0.6) is 0 Å². The highest BCUT2D eigenvalue weighted by atomic mass is 35.5. The fourth-order valence-electron chi connectivity index (χ4n) is 1.51. The van der Waals surface area contributed by atoms with Crippen molar-refractivity contribution < 1.29 is 5.11 Å². The summed E-state index contributed by atoms with van der Waals surface area (Å²) in [5.74, 6) is 0.546. The van der Waals surface area contributed by atoms with Crippen LogP contribution in [0.2, 0.25) is 5.02 Å². The average Bonchev–Trinajstić information content (AvgIpc) is 2.75.